The van der Waals surface area contributed by atoms with Crippen LogP contribution in [0.2, 0.25) is 0 Å². The van der Waals surface area contributed by atoms with Gasteiger partial charge in [-0.2, -0.15) is 0 Å². The Morgan fingerprint density at radius 1 is 1.86 bits per heavy atom. The van der Waals surface area contributed by atoms with E-state index in [9.17, 15) is 0 Å². The van der Waals surface area contributed by atoms with E-state index in [0.717, 1.165) is 5.76 Å². The van der Waals surface area contributed by atoms with E-state index in [1.807, 2.05) is 0 Å². The second-order valence-electron chi connectivity index (χ2n) is 1.03. The molecule has 0 unspecified atom stereocenters. The summed E-state index contributed by atoms with van der Waals surface area (Å²) in [6.45, 7) is 1.80. The van der Waals surface area contributed by atoms with Crippen molar-refractivity contribution in [2.75, 3.05) is 0 Å². The topological polar surface area (TPSA) is 26.0 Å². The molecule has 0 aliphatic heterocycles. The van der Waals surface area contributed by atoms with Gasteiger partial charge in [-0.05, 0) is 12.7 Å². The van der Waals surface area contributed by atoms with E-state index < -0.39 is 0 Å². The SMILES string of the molecule is Cc1[c-]cno1.[Y+3]. The first kappa shape index (κ1) is 7.31. The average Bonchev–Trinajstić information content (AvgIpc) is 1.86. The number of rotatable bonds is 0. The van der Waals surface area contributed by atoms with Crippen LogP contribution < -0.4 is 0 Å². The molecule has 1 heterocycles. The van der Waals surface area contributed by atoms with Crippen molar-refractivity contribution in [3.8, 4) is 0 Å². The first-order valence-corrected chi connectivity index (χ1v) is 1.68. The first-order chi connectivity index (χ1) is 2.89. The molecule has 7 heavy (non-hydrogen) atoms. The minimum atomic E-state index is 0. The third-order valence-electron chi connectivity index (χ3n) is 0.510. The van der Waals surface area contributed by atoms with Crippen molar-refractivity contribution >= 4 is 0 Å². The fraction of sp³-hybridized carbons (Fsp3) is 0.250. The van der Waals surface area contributed by atoms with Gasteiger partial charge < -0.3 is 10.6 Å². The van der Waals surface area contributed by atoms with Gasteiger partial charge in [0.25, 0.3) is 0 Å². The van der Waals surface area contributed by atoms with Crippen LogP contribution in [0.5, 0.6) is 0 Å². The summed E-state index contributed by atoms with van der Waals surface area (Å²) < 4.78 is 4.53. The third kappa shape index (κ3) is 2.20. The number of nitrogens with zero attached hydrogens (tertiary/aromatic N) is 1. The minimum absolute atomic E-state index is 0. The Bertz CT molecular complexity index is 115. The van der Waals surface area contributed by atoms with Gasteiger partial charge in [0.1, 0.15) is 0 Å². The number of hydrogen-bond donors (Lipinski definition) is 0. The van der Waals surface area contributed by atoms with Crippen LogP contribution in [-0.4, -0.2) is 5.16 Å². The fourth-order valence-corrected chi connectivity index (χ4v) is 0.249. The molecule has 0 radical (unpaired) electrons. The number of aromatic nitrogens is 1. The van der Waals surface area contributed by atoms with Crippen LogP contribution in [-0.2, 0) is 32.7 Å². The van der Waals surface area contributed by atoms with Gasteiger partial charge in [0, 0.05) is 0 Å². The Labute approximate surface area is 67.1 Å². The van der Waals surface area contributed by atoms with Crippen LogP contribution in [0.15, 0.2) is 10.7 Å². The van der Waals surface area contributed by atoms with E-state index in [1.165, 1.54) is 6.20 Å². The molecule has 1 aromatic rings. The minimum Gasteiger partial charge on any atom is -0.406 e. The Balaban J connectivity index is 0.000000360. The molecule has 0 aliphatic carbocycles. The van der Waals surface area contributed by atoms with Crippen LogP contribution in [0.3, 0.4) is 0 Å². The summed E-state index contributed by atoms with van der Waals surface area (Å²) in [4.78, 5) is 0. The summed E-state index contributed by atoms with van der Waals surface area (Å²) in [5.41, 5.74) is 0. The van der Waals surface area contributed by atoms with E-state index in [-0.39, 0.29) is 32.7 Å². The largest absolute Gasteiger partial charge is 3.00 e. The van der Waals surface area contributed by atoms with Crippen molar-refractivity contribution in [3.63, 3.8) is 0 Å². The van der Waals surface area contributed by atoms with Crippen molar-refractivity contribution in [1.29, 1.82) is 0 Å². The molecule has 1 aromatic heterocycles. The molecule has 1 rings (SSSR count). The molecule has 2 nitrogen and oxygen atoms in total. The molecule has 32 valence electrons. The molecule has 0 aliphatic rings. The summed E-state index contributed by atoms with van der Waals surface area (Å²) in [5, 5.41) is 3.39. The fourth-order valence-electron chi connectivity index (χ4n) is 0.249. The van der Waals surface area contributed by atoms with Gasteiger partial charge in [0.2, 0.25) is 0 Å². The number of aryl methyl sites for hydroxylation is 1. The third-order valence-corrected chi connectivity index (χ3v) is 0.510. The number of hydrogen-bond acceptors (Lipinski definition) is 2. The van der Waals surface area contributed by atoms with Crippen molar-refractivity contribution < 1.29 is 37.2 Å². The van der Waals surface area contributed by atoms with Gasteiger partial charge in [-0.25, -0.2) is 0 Å². The second-order valence-corrected chi connectivity index (χ2v) is 1.03. The molecule has 0 saturated heterocycles. The van der Waals surface area contributed by atoms with Gasteiger partial charge in [-0.15, -0.1) is 11.4 Å². The van der Waals surface area contributed by atoms with E-state index in [2.05, 4.69) is 15.7 Å². The molecule has 3 heteroatoms. The smallest absolute Gasteiger partial charge is 0.406 e. The van der Waals surface area contributed by atoms with Gasteiger partial charge in [-0.3, -0.25) is 0 Å². The first-order valence-electron chi connectivity index (χ1n) is 1.68. The Morgan fingerprint density at radius 3 is 2.71 bits per heavy atom. The molecule has 0 atom stereocenters. The monoisotopic (exact) mass is 171 g/mol. The van der Waals surface area contributed by atoms with Crippen LogP contribution >= 0.6 is 0 Å². The summed E-state index contributed by atoms with van der Waals surface area (Å²) in [6.07, 6.45) is 1.50. The molecule has 0 aromatic carbocycles. The Morgan fingerprint density at radius 2 is 2.57 bits per heavy atom. The van der Waals surface area contributed by atoms with Crippen molar-refractivity contribution in [2.45, 2.75) is 6.92 Å². The summed E-state index contributed by atoms with van der Waals surface area (Å²) >= 11 is 0. The molecule has 0 amide bonds. The van der Waals surface area contributed by atoms with Crippen LogP contribution in [0, 0.1) is 13.0 Å². The Kier molecular flexibility index (Phi) is 3.48. The summed E-state index contributed by atoms with van der Waals surface area (Å²) in [7, 11) is 0. The summed E-state index contributed by atoms with van der Waals surface area (Å²) in [6, 6.07) is 2.72. The molecular weight excluding hydrogens is 167 g/mol. The Hall–Kier alpha value is 0.314. The predicted molar refractivity (Wildman–Crippen MR) is 20.1 cm³/mol. The standard InChI is InChI=1S/C4H4NO.Y/c1-4-2-3-5-6-4;/h3H,1H3;/q-1;+3. The molecule has 0 N–H and O–H groups in total. The normalized spacial score (nSPS) is 7.57. The van der Waals surface area contributed by atoms with Crippen molar-refractivity contribution in [2.24, 2.45) is 0 Å². The maximum Gasteiger partial charge on any atom is 3.00 e. The maximum absolute atomic E-state index is 4.53. The van der Waals surface area contributed by atoms with E-state index in [0.29, 0.717) is 0 Å². The summed E-state index contributed by atoms with van der Waals surface area (Å²) in [5.74, 6) is 0.731. The zero-order chi connectivity index (χ0) is 4.41. The quantitative estimate of drug-likeness (QED) is 0.539. The van der Waals surface area contributed by atoms with Crippen LogP contribution in [0.1, 0.15) is 5.76 Å². The van der Waals surface area contributed by atoms with Gasteiger partial charge >= 0.3 is 32.7 Å². The molecule has 0 bridgehead atoms. The van der Waals surface area contributed by atoms with Gasteiger partial charge in [0.05, 0.1) is 0 Å². The average molecular weight is 171 g/mol. The van der Waals surface area contributed by atoms with Crippen molar-refractivity contribution in [3.05, 3.63) is 18.0 Å². The molecular formula is C4H4NOY+2. The van der Waals surface area contributed by atoms with E-state index >= 15 is 0 Å². The van der Waals surface area contributed by atoms with Gasteiger partial charge in [-0.1, -0.05) is 0 Å². The zero-order valence-electron chi connectivity index (χ0n) is 4.01. The zero-order valence-corrected chi connectivity index (χ0v) is 6.85. The molecule has 0 fully saturated rings. The molecule has 0 saturated carbocycles. The van der Waals surface area contributed by atoms with E-state index in [4.69, 9.17) is 0 Å². The van der Waals surface area contributed by atoms with E-state index in [1.54, 1.807) is 6.92 Å². The van der Waals surface area contributed by atoms with Crippen LogP contribution in [0.4, 0.5) is 0 Å². The predicted octanol–water partition coefficient (Wildman–Crippen LogP) is 0.781. The van der Waals surface area contributed by atoms with Gasteiger partial charge in [0.15, 0.2) is 0 Å². The molecule has 0 spiro atoms. The maximum atomic E-state index is 4.53. The van der Waals surface area contributed by atoms with Crippen molar-refractivity contribution in [1.82, 2.24) is 5.16 Å². The van der Waals surface area contributed by atoms with Crippen LogP contribution in [0.25, 0.3) is 0 Å². The second kappa shape index (κ2) is 3.33.